The van der Waals surface area contributed by atoms with E-state index in [0.29, 0.717) is 0 Å². The molecule has 0 aliphatic heterocycles. The molecule has 0 heterocycles. The molecule has 0 N–H and O–H groups in total. The van der Waals surface area contributed by atoms with Gasteiger partial charge in [0.2, 0.25) is 5.78 Å². The highest BCUT2D eigenvalue weighted by molar-refractivity contribution is 6.35. The highest BCUT2D eigenvalue weighted by Crippen LogP contribution is 2.61. The van der Waals surface area contributed by atoms with Crippen molar-refractivity contribution in [3.05, 3.63) is 108 Å². The first kappa shape index (κ1) is 18.2. The second-order valence-corrected chi connectivity index (χ2v) is 7.26. The summed E-state index contributed by atoms with van der Waals surface area (Å²) in [4.78, 5) is 25.5. The number of ether oxygens (including phenoxy) is 1. The summed E-state index contributed by atoms with van der Waals surface area (Å²) in [5, 5.41) is 0. The van der Waals surface area contributed by atoms with Crippen LogP contribution in [0.25, 0.3) is 0 Å². The maximum Gasteiger partial charge on any atom is 0.374 e. The number of Topliss-reactive ketones (excluding diaryl/α,β-unsaturated/α-hetero) is 1. The van der Waals surface area contributed by atoms with Crippen LogP contribution in [0, 0.1) is 5.92 Å². The fourth-order valence-electron chi connectivity index (χ4n) is 4.65. The van der Waals surface area contributed by atoms with Crippen molar-refractivity contribution in [1.82, 2.24) is 0 Å². The minimum atomic E-state index is -0.776. The molecule has 28 heavy (non-hydrogen) atoms. The summed E-state index contributed by atoms with van der Waals surface area (Å²) in [7, 11) is 1.27. The van der Waals surface area contributed by atoms with E-state index in [-0.39, 0.29) is 5.92 Å². The van der Waals surface area contributed by atoms with Crippen LogP contribution in [0.1, 0.15) is 29.0 Å². The van der Waals surface area contributed by atoms with E-state index >= 15 is 0 Å². The zero-order valence-electron chi connectivity index (χ0n) is 15.7. The smallest absolute Gasteiger partial charge is 0.374 e. The third kappa shape index (κ3) is 2.84. The largest absolute Gasteiger partial charge is 0.463 e. The Morgan fingerprint density at radius 2 is 1.25 bits per heavy atom. The van der Waals surface area contributed by atoms with Gasteiger partial charge in [0.1, 0.15) is 0 Å². The summed E-state index contributed by atoms with van der Waals surface area (Å²) in [6, 6.07) is 30.0. The van der Waals surface area contributed by atoms with Gasteiger partial charge in [-0.3, -0.25) is 4.79 Å². The minimum Gasteiger partial charge on any atom is -0.463 e. The number of benzene rings is 3. The van der Waals surface area contributed by atoms with Crippen LogP contribution < -0.4 is 0 Å². The molecule has 1 aliphatic carbocycles. The van der Waals surface area contributed by atoms with Gasteiger partial charge in [-0.1, -0.05) is 91.0 Å². The maximum absolute atomic E-state index is 13.2. The van der Waals surface area contributed by atoms with Gasteiger partial charge >= 0.3 is 5.97 Å². The second kappa shape index (κ2) is 7.43. The molecule has 3 heteroatoms. The first-order valence-electron chi connectivity index (χ1n) is 9.46. The molecule has 1 fully saturated rings. The topological polar surface area (TPSA) is 43.4 Å². The molecule has 1 saturated carbocycles. The number of carbonyl (C=O) groups is 2. The Balaban J connectivity index is 1.89. The zero-order chi connectivity index (χ0) is 19.6. The van der Waals surface area contributed by atoms with E-state index in [0.717, 1.165) is 23.1 Å². The number of esters is 1. The van der Waals surface area contributed by atoms with Crippen molar-refractivity contribution in [2.24, 2.45) is 5.92 Å². The van der Waals surface area contributed by atoms with Gasteiger partial charge < -0.3 is 4.74 Å². The van der Waals surface area contributed by atoms with Gasteiger partial charge in [-0.15, -0.1) is 0 Å². The summed E-state index contributed by atoms with van der Waals surface area (Å²) in [5.74, 6) is -1.78. The highest BCUT2D eigenvalue weighted by atomic mass is 16.5. The molecule has 0 unspecified atom stereocenters. The molecule has 0 saturated heterocycles. The monoisotopic (exact) mass is 370 g/mol. The van der Waals surface area contributed by atoms with Gasteiger partial charge in [0.15, 0.2) is 0 Å². The molecule has 3 aromatic carbocycles. The van der Waals surface area contributed by atoms with E-state index in [1.54, 1.807) is 0 Å². The minimum absolute atomic E-state index is 0.0341. The highest BCUT2D eigenvalue weighted by Gasteiger charge is 2.60. The van der Waals surface area contributed by atoms with Crippen LogP contribution in [-0.4, -0.2) is 18.9 Å². The van der Waals surface area contributed by atoms with Gasteiger partial charge in [-0.05, 0) is 29.0 Å². The van der Waals surface area contributed by atoms with Crippen LogP contribution in [0.3, 0.4) is 0 Å². The lowest BCUT2D eigenvalue weighted by Gasteiger charge is -2.55. The van der Waals surface area contributed by atoms with E-state index in [9.17, 15) is 9.59 Å². The first-order chi connectivity index (χ1) is 13.7. The van der Waals surface area contributed by atoms with Gasteiger partial charge in [0, 0.05) is 11.3 Å². The molecule has 0 amide bonds. The molecule has 0 radical (unpaired) electrons. The van der Waals surface area contributed by atoms with E-state index in [1.807, 2.05) is 91.0 Å². The molecule has 4 rings (SSSR count). The van der Waals surface area contributed by atoms with Gasteiger partial charge in [-0.25, -0.2) is 4.79 Å². The maximum atomic E-state index is 13.2. The number of ketones is 1. The van der Waals surface area contributed by atoms with Gasteiger partial charge in [0.05, 0.1) is 7.11 Å². The molecule has 1 aliphatic rings. The molecular weight excluding hydrogens is 348 g/mol. The number of methoxy groups -OCH3 is 1. The second-order valence-electron chi connectivity index (χ2n) is 7.26. The average molecular weight is 370 g/mol. The summed E-state index contributed by atoms with van der Waals surface area (Å²) >= 11 is 0. The molecule has 0 aromatic heterocycles. The molecule has 3 aromatic rings. The Bertz CT molecular complexity index is 925. The fraction of sp³-hybridized carbons (Fsp3) is 0.200. The zero-order valence-corrected chi connectivity index (χ0v) is 15.7. The molecule has 0 bridgehead atoms. The van der Waals surface area contributed by atoms with Gasteiger partial charge in [-0.2, -0.15) is 0 Å². The lowest BCUT2D eigenvalue weighted by Crippen LogP contribution is -2.56. The van der Waals surface area contributed by atoms with Crippen molar-refractivity contribution in [2.75, 3.05) is 7.11 Å². The van der Waals surface area contributed by atoms with Crippen molar-refractivity contribution in [2.45, 2.75) is 17.8 Å². The summed E-state index contributed by atoms with van der Waals surface area (Å²) in [6.07, 6.45) is 0.762. The predicted molar refractivity (Wildman–Crippen MR) is 108 cm³/mol. The van der Waals surface area contributed by atoms with E-state index in [2.05, 4.69) is 0 Å². The van der Waals surface area contributed by atoms with Crippen LogP contribution in [-0.2, 0) is 19.7 Å². The molecular formula is C25H22O3. The van der Waals surface area contributed by atoms with Crippen molar-refractivity contribution in [1.29, 1.82) is 0 Å². The SMILES string of the molecule is COC(=O)C(=O)[C@@H]1[C@@H](c2ccccc2)CC1(c1ccccc1)c1ccccc1. The van der Waals surface area contributed by atoms with E-state index in [1.165, 1.54) is 7.11 Å². The fourth-order valence-corrected chi connectivity index (χ4v) is 4.65. The average Bonchev–Trinajstić information content (AvgIpc) is 2.75. The molecule has 140 valence electrons. The van der Waals surface area contributed by atoms with Gasteiger partial charge in [0.25, 0.3) is 0 Å². The Kier molecular flexibility index (Phi) is 4.82. The Morgan fingerprint density at radius 1 is 0.786 bits per heavy atom. The van der Waals surface area contributed by atoms with Crippen LogP contribution in [0.2, 0.25) is 0 Å². The van der Waals surface area contributed by atoms with Crippen molar-refractivity contribution in [3.63, 3.8) is 0 Å². The third-order valence-electron chi connectivity index (χ3n) is 5.95. The Morgan fingerprint density at radius 3 is 1.71 bits per heavy atom. The first-order valence-corrected chi connectivity index (χ1v) is 9.46. The van der Waals surface area contributed by atoms with Crippen LogP contribution in [0.5, 0.6) is 0 Å². The Hall–Kier alpha value is -3.20. The van der Waals surface area contributed by atoms with Crippen molar-refractivity contribution >= 4 is 11.8 Å². The molecule has 2 atom stereocenters. The third-order valence-corrected chi connectivity index (χ3v) is 5.95. The van der Waals surface area contributed by atoms with Crippen LogP contribution in [0.15, 0.2) is 91.0 Å². The van der Waals surface area contributed by atoms with Crippen LogP contribution >= 0.6 is 0 Å². The van der Waals surface area contributed by atoms with E-state index < -0.39 is 23.1 Å². The van der Waals surface area contributed by atoms with Crippen LogP contribution in [0.4, 0.5) is 0 Å². The summed E-state index contributed by atoms with van der Waals surface area (Å²) < 4.78 is 4.83. The molecule has 0 spiro atoms. The number of hydrogen-bond acceptors (Lipinski definition) is 3. The van der Waals surface area contributed by atoms with E-state index in [4.69, 9.17) is 4.74 Å². The number of hydrogen-bond donors (Lipinski definition) is 0. The van der Waals surface area contributed by atoms with Crippen molar-refractivity contribution in [3.8, 4) is 0 Å². The number of carbonyl (C=O) groups excluding carboxylic acids is 2. The summed E-state index contributed by atoms with van der Waals surface area (Å²) in [6.45, 7) is 0. The Labute approximate surface area is 165 Å². The quantitative estimate of drug-likeness (QED) is 0.490. The summed E-state index contributed by atoms with van der Waals surface area (Å²) in [5.41, 5.74) is 2.63. The number of rotatable bonds is 5. The van der Waals surface area contributed by atoms with Crippen molar-refractivity contribution < 1.29 is 14.3 Å². The lowest BCUT2D eigenvalue weighted by molar-refractivity contribution is -0.157. The predicted octanol–water partition coefficient (Wildman–Crippen LogP) is 4.52. The molecule has 3 nitrogen and oxygen atoms in total. The lowest BCUT2D eigenvalue weighted by atomic mass is 9.46. The normalized spacial score (nSPS) is 20.0. The standard InChI is InChI=1S/C25H22O3/c1-28-24(27)23(26)22-21(18-11-5-2-6-12-18)17-25(22,19-13-7-3-8-14-19)20-15-9-4-10-16-20/h2-16,21-22H,17H2,1H3/t21-,22+/m1/s1.